The number of nitrogens with one attached hydrogen (secondary N) is 1. The molecule has 1 aromatic heterocycles. The Balaban J connectivity index is 2.86. The summed E-state index contributed by atoms with van der Waals surface area (Å²) in [6.07, 6.45) is 1.63. The van der Waals surface area contributed by atoms with E-state index in [0.29, 0.717) is 5.69 Å². The van der Waals surface area contributed by atoms with E-state index in [1.54, 1.807) is 6.20 Å². The van der Waals surface area contributed by atoms with Crippen LogP contribution in [-0.2, 0) is 0 Å². The van der Waals surface area contributed by atoms with Crippen LogP contribution >= 0.6 is 0 Å². The Morgan fingerprint density at radius 1 is 1.47 bits per heavy atom. The van der Waals surface area contributed by atoms with Crippen LogP contribution in [0.4, 0.5) is 5.69 Å². The van der Waals surface area contributed by atoms with E-state index in [0.717, 1.165) is 5.69 Å². The molecule has 1 N–H and O–H groups in total. The third-order valence-corrected chi connectivity index (χ3v) is 2.58. The van der Waals surface area contributed by atoms with Gasteiger partial charge in [0.05, 0.1) is 5.69 Å². The van der Waals surface area contributed by atoms with Gasteiger partial charge in [-0.05, 0) is 24.5 Å². The Hall–Kier alpha value is -1.56. The predicted molar refractivity (Wildman–Crippen MR) is 61.5 cm³/mol. The Kier molecular flexibility index (Phi) is 3.31. The van der Waals surface area contributed by atoms with Crippen molar-refractivity contribution in [3.8, 4) is 6.07 Å². The molecule has 1 aromatic rings. The lowest BCUT2D eigenvalue weighted by atomic mass is 9.88. The molecule has 0 aliphatic carbocycles. The summed E-state index contributed by atoms with van der Waals surface area (Å²) in [6, 6.07) is 6.08. The van der Waals surface area contributed by atoms with E-state index in [2.05, 4.69) is 44.1 Å². The van der Waals surface area contributed by atoms with Gasteiger partial charge >= 0.3 is 0 Å². The van der Waals surface area contributed by atoms with Crippen LogP contribution in [0.3, 0.4) is 0 Å². The minimum atomic E-state index is 0.155. The molecule has 1 atom stereocenters. The lowest BCUT2D eigenvalue weighted by molar-refractivity contribution is 0.359. The zero-order valence-corrected chi connectivity index (χ0v) is 9.70. The molecule has 0 amide bonds. The van der Waals surface area contributed by atoms with Crippen molar-refractivity contribution in [3.63, 3.8) is 0 Å². The average Bonchev–Trinajstić information content (AvgIpc) is 2.17. The first-order chi connectivity index (χ1) is 6.95. The van der Waals surface area contributed by atoms with E-state index in [-0.39, 0.29) is 11.5 Å². The van der Waals surface area contributed by atoms with E-state index in [4.69, 9.17) is 5.26 Å². The van der Waals surface area contributed by atoms with Gasteiger partial charge in [-0.25, -0.2) is 4.98 Å². The fourth-order valence-corrected chi connectivity index (χ4v) is 1.06. The van der Waals surface area contributed by atoms with Gasteiger partial charge in [-0.1, -0.05) is 20.8 Å². The minimum absolute atomic E-state index is 0.155. The molecule has 0 saturated heterocycles. The average molecular weight is 203 g/mol. The highest BCUT2D eigenvalue weighted by Gasteiger charge is 2.20. The van der Waals surface area contributed by atoms with E-state index < -0.39 is 0 Å². The highest BCUT2D eigenvalue weighted by atomic mass is 14.9. The second-order valence-electron chi connectivity index (χ2n) is 4.74. The number of pyridine rings is 1. The first-order valence-corrected chi connectivity index (χ1v) is 5.07. The normalized spacial score (nSPS) is 13.0. The maximum Gasteiger partial charge on any atom is 0.163 e. The number of rotatable bonds is 2. The molecule has 1 unspecified atom stereocenters. The van der Waals surface area contributed by atoms with Gasteiger partial charge in [0.1, 0.15) is 6.07 Å². The number of aromatic nitrogens is 1. The summed E-state index contributed by atoms with van der Waals surface area (Å²) in [6.45, 7) is 8.58. The van der Waals surface area contributed by atoms with E-state index in [1.807, 2.05) is 12.1 Å². The van der Waals surface area contributed by atoms with Crippen LogP contribution in [0.2, 0.25) is 0 Å². The summed E-state index contributed by atoms with van der Waals surface area (Å²) >= 11 is 0. The largest absolute Gasteiger partial charge is 0.380 e. The lowest BCUT2D eigenvalue weighted by Gasteiger charge is -2.29. The zero-order valence-electron chi connectivity index (χ0n) is 9.70. The van der Waals surface area contributed by atoms with Gasteiger partial charge in [0.15, 0.2) is 5.69 Å². The molecule has 1 rings (SSSR count). The summed E-state index contributed by atoms with van der Waals surface area (Å²) in [5.74, 6) is 0. The quantitative estimate of drug-likeness (QED) is 0.804. The number of anilines is 1. The van der Waals surface area contributed by atoms with Gasteiger partial charge in [0.2, 0.25) is 0 Å². The number of nitrogens with zero attached hydrogens (tertiary/aromatic N) is 2. The lowest BCUT2D eigenvalue weighted by Crippen LogP contribution is -2.31. The van der Waals surface area contributed by atoms with Crippen molar-refractivity contribution in [2.45, 2.75) is 33.7 Å². The van der Waals surface area contributed by atoms with Crippen LogP contribution in [0, 0.1) is 16.7 Å². The van der Waals surface area contributed by atoms with Crippen LogP contribution in [-0.4, -0.2) is 11.0 Å². The van der Waals surface area contributed by atoms with Gasteiger partial charge in [-0.2, -0.15) is 5.26 Å². The number of hydrogen-bond acceptors (Lipinski definition) is 3. The minimum Gasteiger partial charge on any atom is -0.380 e. The molecular weight excluding hydrogens is 186 g/mol. The molecule has 0 saturated carbocycles. The van der Waals surface area contributed by atoms with Crippen LogP contribution in [0.5, 0.6) is 0 Å². The Labute approximate surface area is 91.1 Å². The van der Waals surface area contributed by atoms with Crippen molar-refractivity contribution in [2.75, 3.05) is 5.32 Å². The molecule has 0 radical (unpaired) electrons. The Morgan fingerprint density at radius 3 is 2.67 bits per heavy atom. The molecular formula is C12H17N3. The van der Waals surface area contributed by atoms with E-state index in [9.17, 15) is 0 Å². The van der Waals surface area contributed by atoms with Gasteiger partial charge < -0.3 is 5.32 Å². The summed E-state index contributed by atoms with van der Waals surface area (Å²) in [4.78, 5) is 4.01. The molecule has 0 aliphatic heterocycles. The highest BCUT2D eigenvalue weighted by Crippen LogP contribution is 2.23. The van der Waals surface area contributed by atoms with Crippen molar-refractivity contribution < 1.29 is 0 Å². The fourth-order valence-electron chi connectivity index (χ4n) is 1.06. The molecule has 0 fully saturated rings. The van der Waals surface area contributed by atoms with Crippen LogP contribution in [0.25, 0.3) is 0 Å². The van der Waals surface area contributed by atoms with Gasteiger partial charge in [0.25, 0.3) is 0 Å². The number of hydrogen-bond donors (Lipinski definition) is 1. The van der Waals surface area contributed by atoms with Crippen molar-refractivity contribution >= 4 is 5.69 Å². The van der Waals surface area contributed by atoms with Gasteiger partial charge in [0, 0.05) is 12.2 Å². The fraction of sp³-hybridized carbons (Fsp3) is 0.500. The predicted octanol–water partition coefficient (Wildman–Crippen LogP) is 2.80. The van der Waals surface area contributed by atoms with Crippen molar-refractivity contribution in [2.24, 2.45) is 5.41 Å². The molecule has 80 valence electrons. The first kappa shape index (κ1) is 11.5. The second-order valence-corrected chi connectivity index (χ2v) is 4.74. The standard InChI is InChI=1S/C12H17N3/c1-9(12(2,3)4)15-10-6-5-7-14-11(10)8-13/h5-7,9,15H,1-4H3. The first-order valence-electron chi connectivity index (χ1n) is 5.07. The SMILES string of the molecule is CC(Nc1cccnc1C#N)C(C)(C)C. The summed E-state index contributed by atoms with van der Waals surface area (Å²) < 4.78 is 0. The topological polar surface area (TPSA) is 48.7 Å². The molecule has 0 spiro atoms. The van der Waals surface area contributed by atoms with E-state index >= 15 is 0 Å². The molecule has 3 nitrogen and oxygen atoms in total. The molecule has 0 aromatic carbocycles. The molecule has 15 heavy (non-hydrogen) atoms. The van der Waals surface area contributed by atoms with Crippen molar-refractivity contribution in [3.05, 3.63) is 24.0 Å². The maximum atomic E-state index is 8.88. The van der Waals surface area contributed by atoms with Gasteiger partial charge in [-0.15, -0.1) is 0 Å². The molecule has 1 heterocycles. The van der Waals surface area contributed by atoms with Crippen LogP contribution in [0.15, 0.2) is 18.3 Å². The van der Waals surface area contributed by atoms with Crippen LogP contribution in [0.1, 0.15) is 33.4 Å². The summed E-state index contributed by atoms with van der Waals surface area (Å²) in [5.41, 5.74) is 1.42. The summed E-state index contributed by atoms with van der Waals surface area (Å²) in [7, 11) is 0. The molecule has 0 aliphatic rings. The van der Waals surface area contributed by atoms with Gasteiger partial charge in [-0.3, -0.25) is 0 Å². The molecule has 0 bridgehead atoms. The number of nitriles is 1. The highest BCUT2D eigenvalue weighted by molar-refractivity contribution is 5.53. The zero-order chi connectivity index (χ0) is 11.5. The third kappa shape index (κ3) is 2.95. The maximum absolute atomic E-state index is 8.88. The molecule has 3 heteroatoms. The van der Waals surface area contributed by atoms with Crippen molar-refractivity contribution in [1.29, 1.82) is 5.26 Å². The Morgan fingerprint density at radius 2 is 2.13 bits per heavy atom. The van der Waals surface area contributed by atoms with E-state index in [1.165, 1.54) is 0 Å². The van der Waals surface area contributed by atoms with Crippen molar-refractivity contribution in [1.82, 2.24) is 4.98 Å². The van der Waals surface area contributed by atoms with Crippen LogP contribution < -0.4 is 5.32 Å². The second kappa shape index (κ2) is 4.31. The third-order valence-electron chi connectivity index (χ3n) is 2.58. The summed E-state index contributed by atoms with van der Waals surface area (Å²) in [5, 5.41) is 12.2. The Bertz CT molecular complexity index is 371. The smallest absolute Gasteiger partial charge is 0.163 e. The monoisotopic (exact) mass is 203 g/mol.